The minimum Gasteiger partial charge on any atom is -0.368 e. The Kier molecular flexibility index (Phi) is 5.18. The van der Waals surface area contributed by atoms with E-state index in [9.17, 15) is 14.2 Å². The van der Waals surface area contributed by atoms with Gasteiger partial charge in [0.2, 0.25) is 0 Å². The number of rotatable bonds is 5. The van der Waals surface area contributed by atoms with Gasteiger partial charge in [0.15, 0.2) is 0 Å². The molecule has 9 heteroatoms. The molecule has 0 aliphatic heterocycles. The Morgan fingerprint density at radius 3 is 1.78 bits per heavy atom. The van der Waals surface area contributed by atoms with E-state index in [2.05, 4.69) is 0 Å². The van der Waals surface area contributed by atoms with Gasteiger partial charge < -0.3 is 24.7 Å². The molecule has 1 rings (SSSR count). The average molecular weight is 302 g/mol. The highest BCUT2D eigenvalue weighted by Gasteiger charge is 2.58. The molecule has 0 heterocycles. The lowest BCUT2D eigenvalue weighted by Crippen LogP contribution is -2.29. The second-order valence-corrected chi connectivity index (χ2v) is 8.91. The van der Waals surface area contributed by atoms with E-state index in [0.29, 0.717) is 0 Å². The summed E-state index contributed by atoms with van der Waals surface area (Å²) in [5.41, 5.74) is 0. The summed E-state index contributed by atoms with van der Waals surface area (Å²) in [4.78, 5) is 35.9. The normalized spacial score (nSPS) is 20.1. The molecule has 0 unspecified atom stereocenters. The molecular weight excluding hydrogens is 282 g/mol. The van der Waals surface area contributed by atoms with Crippen LogP contribution in [0.25, 0.3) is 0 Å². The van der Waals surface area contributed by atoms with Gasteiger partial charge in [0, 0.05) is 6.42 Å². The molecule has 18 heavy (non-hydrogen) atoms. The monoisotopic (exact) mass is 302 g/mol. The van der Waals surface area contributed by atoms with Crippen molar-refractivity contribution >= 4 is 15.2 Å². The molecule has 1 saturated carbocycles. The zero-order valence-corrected chi connectivity index (χ0v) is 11.8. The number of hydrogen-bond donors (Lipinski definition) is 5. The van der Waals surface area contributed by atoms with E-state index in [-0.39, 0.29) is 12.3 Å². The van der Waals surface area contributed by atoms with Crippen molar-refractivity contribution in [3.05, 3.63) is 0 Å². The lowest BCUT2D eigenvalue weighted by atomic mass is 9.86. The van der Waals surface area contributed by atoms with Crippen molar-refractivity contribution < 1.29 is 33.8 Å². The summed E-state index contributed by atoms with van der Waals surface area (Å²) in [5.74, 6) is 0.170. The van der Waals surface area contributed by atoms with Crippen LogP contribution in [0.3, 0.4) is 0 Å². The third-order valence-corrected chi connectivity index (χ3v) is 7.42. The van der Waals surface area contributed by atoms with Gasteiger partial charge in [-0.1, -0.05) is 32.1 Å². The molecule has 0 atom stereocenters. The SMILES string of the molecule is O=P(O)(O)C(O)(CCC1CCCCC1)P(=O)(O)O. The van der Waals surface area contributed by atoms with Gasteiger partial charge in [0.05, 0.1) is 0 Å². The van der Waals surface area contributed by atoms with Crippen LogP contribution in [-0.2, 0) is 9.13 Å². The molecule has 0 radical (unpaired) electrons. The van der Waals surface area contributed by atoms with E-state index in [4.69, 9.17) is 19.6 Å². The van der Waals surface area contributed by atoms with Gasteiger partial charge in [-0.2, -0.15) is 0 Å². The lowest BCUT2D eigenvalue weighted by Gasteiger charge is -2.31. The van der Waals surface area contributed by atoms with E-state index in [1.54, 1.807) is 0 Å². The first-order chi connectivity index (χ1) is 8.08. The van der Waals surface area contributed by atoms with Crippen LogP contribution < -0.4 is 0 Å². The summed E-state index contributed by atoms with van der Waals surface area (Å²) in [7, 11) is -10.6. The molecule has 0 aromatic heterocycles. The maximum absolute atomic E-state index is 11.1. The molecule has 0 amide bonds. The largest absolute Gasteiger partial charge is 0.369 e. The summed E-state index contributed by atoms with van der Waals surface area (Å²) < 4.78 is 22.2. The number of aliphatic hydroxyl groups is 1. The van der Waals surface area contributed by atoms with Crippen molar-refractivity contribution in [2.75, 3.05) is 0 Å². The fraction of sp³-hybridized carbons (Fsp3) is 1.00. The first-order valence-corrected chi connectivity index (χ1v) is 9.14. The Morgan fingerprint density at radius 1 is 0.944 bits per heavy atom. The summed E-state index contributed by atoms with van der Waals surface area (Å²) in [6.07, 6.45) is 4.51. The molecule has 0 saturated heterocycles. The molecule has 1 aliphatic carbocycles. The van der Waals surface area contributed by atoms with Crippen molar-refractivity contribution in [2.24, 2.45) is 5.92 Å². The fourth-order valence-corrected chi connectivity index (χ4v) is 4.53. The maximum atomic E-state index is 11.1. The molecule has 7 nitrogen and oxygen atoms in total. The average Bonchev–Trinajstić information content (AvgIpc) is 2.24. The molecule has 0 bridgehead atoms. The van der Waals surface area contributed by atoms with Crippen LogP contribution in [-0.4, -0.2) is 29.8 Å². The standard InChI is InChI=1S/C9H20O7P2/c10-9(17(11,12)13,18(14,15)16)7-6-8-4-2-1-3-5-8/h8,10H,1-7H2,(H2,11,12,13)(H2,14,15,16). The number of hydrogen-bond acceptors (Lipinski definition) is 3. The van der Waals surface area contributed by atoms with Gasteiger partial charge in [-0.05, 0) is 12.3 Å². The molecule has 1 aliphatic rings. The highest BCUT2D eigenvalue weighted by molar-refractivity contribution is 7.72. The Bertz CT molecular complexity index is 343. The Hall–Kier alpha value is 0.260. The third kappa shape index (κ3) is 3.64. The van der Waals surface area contributed by atoms with E-state index in [0.717, 1.165) is 32.1 Å². The van der Waals surface area contributed by atoms with Gasteiger partial charge in [-0.3, -0.25) is 9.13 Å². The van der Waals surface area contributed by atoms with Crippen LogP contribution in [0.5, 0.6) is 0 Å². The van der Waals surface area contributed by atoms with E-state index >= 15 is 0 Å². The molecule has 0 spiro atoms. The topological polar surface area (TPSA) is 135 Å². The summed E-state index contributed by atoms with van der Waals surface area (Å²) in [6.45, 7) is 0. The first kappa shape index (κ1) is 16.3. The van der Waals surface area contributed by atoms with Gasteiger partial charge in [-0.25, -0.2) is 0 Å². The predicted molar refractivity (Wildman–Crippen MR) is 64.8 cm³/mol. The van der Waals surface area contributed by atoms with E-state index < -0.39 is 26.7 Å². The third-order valence-electron chi connectivity index (χ3n) is 3.55. The molecule has 0 aromatic rings. The van der Waals surface area contributed by atoms with E-state index in [1.807, 2.05) is 0 Å². The highest BCUT2D eigenvalue weighted by Crippen LogP contribution is 2.69. The molecule has 5 N–H and O–H groups in total. The zero-order valence-electron chi connectivity index (χ0n) is 9.97. The van der Waals surface area contributed by atoms with Gasteiger partial charge in [-0.15, -0.1) is 0 Å². The summed E-state index contributed by atoms with van der Waals surface area (Å²) >= 11 is 0. The smallest absolute Gasteiger partial charge is 0.368 e. The molecule has 108 valence electrons. The van der Waals surface area contributed by atoms with Gasteiger partial charge in [0.25, 0.3) is 5.08 Å². The fourth-order valence-electron chi connectivity index (χ4n) is 2.33. The van der Waals surface area contributed by atoms with Gasteiger partial charge >= 0.3 is 15.2 Å². The molecule has 1 fully saturated rings. The molecular formula is C9H20O7P2. The van der Waals surface area contributed by atoms with Crippen molar-refractivity contribution in [1.29, 1.82) is 0 Å². The summed E-state index contributed by atoms with van der Waals surface area (Å²) in [5, 5.41) is 6.45. The second kappa shape index (κ2) is 5.71. The van der Waals surface area contributed by atoms with Crippen LogP contribution in [0.15, 0.2) is 0 Å². The van der Waals surface area contributed by atoms with Crippen LogP contribution in [0, 0.1) is 5.92 Å². The summed E-state index contributed by atoms with van der Waals surface area (Å²) in [6, 6.07) is 0. The van der Waals surface area contributed by atoms with Crippen molar-refractivity contribution in [3.8, 4) is 0 Å². The van der Waals surface area contributed by atoms with Crippen LogP contribution in [0.1, 0.15) is 44.9 Å². The zero-order chi connectivity index (χ0) is 14.0. The van der Waals surface area contributed by atoms with Crippen molar-refractivity contribution in [3.63, 3.8) is 0 Å². The lowest BCUT2D eigenvalue weighted by molar-refractivity contribution is 0.113. The van der Waals surface area contributed by atoms with E-state index in [1.165, 1.54) is 0 Å². The Labute approximate surface area is 106 Å². The van der Waals surface area contributed by atoms with Gasteiger partial charge in [0.1, 0.15) is 0 Å². The van der Waals surface area contributed by atoms with Crippen LogP contribution in [0.2, 0.25) is 0 Å². The Morgan fingerprint density at radius 2 is 1.39 bits per heavy atom. The predicted octanol–water partition coefficient (Wildman–Crippen LogP) is 1.35. The minimum atomic E-state index is -5.28. The Balaban J connectivity index is 2.74. The van der Waals surface area contributed by atoms with Crippen molar-refractivity contribution in [1.82, 2.24) is 0 Å². The highest BCUT2D eigenvalue weighted by atomic mass is 31.2. The van der Waals surface area contributed by atoms with Crippen LogP contribution >= 0.6 is 15.2 Å². The molecule has 0 aromatic carbocycles. The minimum absolute atomic E-state index is 0.170. The quantitative estimate of drug-likeness (QED) is 0.484. The first-order valence-electron chi connectivity index (χ1n) is 5.91. The second-order valence-electron chi connectivity index (χ2n) is 4.91. The maximum Gasteiger partial charge on any atom is 0.369 e. The van der Waals surface area contributed by atoms with Crippen LogP contribution in [0.4, 0.5) is 0 Å². The van der Waals surface area contributed by atoms with Crippen molar-refractivity contribution in [2.45, 2.75) is 50.0 Å².